The quantitative estimate of drug-likeness (QED) is 0.830. The van der Waals surface area contributed by atoms with Gasteiger partial charge in [0.2, 0.25) is 5.95 Å². The zero-order chi connectivity index (χ0) is 18.9. The lowest BCUT2D eigenvalue weighted by molar-refractivity contribution is 0.256. The van der Waals surface area contributed by atoms with E-state index in [0.717, 1.165) is 30.8 Å². The molecule has 0 bridgehead atoms. The summed E-state index contributed by atoms with van der Waals surface area (Å²) in [5.74, 6) is 0.843. The smallest absolute Gasteiger partial charge is 0.270 e. The highest BCUT2D eigenvalue weighted by Gasteiger charge is 2.30. The van der Waals surface area contributed by atoms with Crippen LogP contribution in [0.4, 0.5) is 11.8 Å². The Bertz CT molecular complexity index is 861. The van der Waals surface area contributed by atoms with E-state index in [2.05, 4.69) is 16.8 Å². The van der Waals surface area contributed by atoms with Crippen LogP contribution in [0.25, 0.3) is 0 Å². The van der Waals surface area contributed by atoms with Crippen molar-refractivity contribution in [2.45, 2.75) is 29.6 Å². The fourth-order valence-corrected chi connectivity index (χ4v) is 4.21. The van der Waals surface area contributed by atoms with Gasteiger partial charge in [-0.1, -0.05) is 42.4 Å². The lowest BCUT2D eigenvalue weighted by Crippen LogP contribution is -2.44. The summed E-state index contributed by atoms with van der Waals surface area (Å²) in [5, 5.41) is 0.583. The molecule has 1 fully saturated rings. The Balaban J connectivity index is 1.90. The third-order valence-corrected chi connectivity index (χ3v) is 6.65. The van der Waals surface area contributed by atoms with Gasteiger partial charge >= 0.3 is 0 Å². The average Bonchev–Trinajstić information content (AvgIpc) is 2.64. The lowest BCUT2D eigenvalue weighted by atomic mass is 9.81. The summed E-state index contributed by atoms with van der Waals surface area (Å²) in [6.45, 7) is 4.49. The zero-order valence-corrected chi connectivity index (χ0v) is 16.6. The van der Waals surface area contributed by atoms with E-state index >= 15 is 0 Å². The van der Waals surface area contributed by atoms with E-state index in [1.54, 1.807) is 17.7 Å². The Morgan fingerprint density at radius 2 is 1.96 bits per heavy atom. The summed E-state index contributed by atoms with van der Waals surface area (Å²) in [5.41, 5.74) is 12.0. The molecule has 8 heteroatoms. The van der Waals surface area contributed by atoms with Crippen molar-refractivity contribution >= 4 is 35.1 Å². The predicted molar refractivity (Wildman–Crippen MR) is 108 cm³/mol. The maximum absolute atomic E-state index is 12.9. The number of aromatic nitrogens is 2. The molecule has 6 nitrogen and oxygen atoms in total. The molecule has 1 aromatic heterocycles. The topological polar surface area (TPSA) is 90.2 Å². The number of benzene rings is 1. The minimum absolute atomic E-state index is 0.154. The van der Waals surface area contributed by atoms with E-state index in [1.807, 2.05) is 18.2 Å². The first kappa shape index (κ1) is 19.1. The number of halogens is 1. The number of nitrogens with zero attached hydrogens (tertiary/aromatic N) is 3. The van der Waals surface area contributed by atoms with Crippen LogP contribution in [0.1, 0.15) is 19.8 Å². The second-order valence-corrected chi connectivity index (χ2v) is 8.48. The molecule has 0 radical (unpaired) electrons. The lowest BCUT2D eigenvalue weighted by Gasteiger charge is -2.39. The summed E-state index contributed by atoms with van der Waals surface area (Å²) in [6.07, 6.45) is 1.94. The van der Waals surface area contributed by atoms with Gasteiger partial charge in [0.1, 0.15) is 10.7 Å². The SMILES string of the molecule is Cn1c(N2CCC(C)(CN)CC2)nc(N)c(Sc2ccccc2Cl)c1=O. The van der Waals surface area contributed by atoms with Gasteiger partial charge in [0.05, 0.1) is 5.02 Å². The summed E-state index contributed by atoms with van der Waals surface area (Å²) >= 11 is 7.46. The molecule has 1 aliphatic heterocycles. The molecular weight excluding hydrogens is 370 g/mol. The first-order valence-corrected chi connectivity index (χ1v) is 9.78. The van der Waals surface area contributed by atoms with Crippen LogP contribution in [0.3, 0.4) is 0 Å². The van der Waals surface area contributed by atoms with Gasteiger partial charge in [0.15, 0.2) is 0 Å². The first-order valence-electron chi connectivity index (χ1n) is 8.58. The molecule has 3 rings (SSSR count). The molecule has 0 saturated carbocycles. The molecule has 4 N–H and O–H groups in total. The van der Waals surface area contributed by atoms with Crippen molar-refractivity contribution in [2.24, 2.45) is 18.2 Å². The van der Waals surface area contributed by atoms with Gasteiger partial charge in [0, 0.05) is 25.0 Å². The standard InChI is InChI=1S/C18H24ClN5OS/c1-18(11-20)7-9-24(10-8-18)17-22-15(21)14(16(25)23(17)2)26-13-6-4-3-5-12(13)19/h3-6H,7-11,20-21H2,1-2H3. The van der Waals surface area contributed by atoms with Gasteiger partial charge in [-0.3, -0.25) is 9.36 Å². The van der Waals surface area contributed by atoms with E-state index in [0.29, 0.717) is 22.4 Å². The molecule has 0 aliphatic carbocycles. The van der Waals surface area contributed by atoms with Crippen LogP contribution in [0.15, 0.2) is 38.9 Å². The Morgan fingerprint density at radius 1 is 1.31 bits per heavy atom. The Hall–Kier alpha value is -1.70. The van der Waals surface area contributed by atoms with Gasteiger partial charge in [0.25, 0.3) is 5.56 Å². The van der Waals surface area contributed by atoms with Crippen molar-refractivity contribution in [3.8, 4) is 0 Å². The number of hydrogen-bond acceptors (Lipinski definition) is 6. The van der Waals surface area contributed by atoms with Gasteiger partial charge in [-0.2, -0.15) is 4.98 Å². The molecule has 0 unspecified atom stereocenters. The van der Waals surface area contributed by atoms with Crippen molar-refractivity contribution < 1.29 is 0 Å². The third-order valence-electron chi connectivity index (χ3n) is 5.05. The molecule has 26 heavy (non-hydrogen) atoms. The highest BCUT2D eigenvalue weighted by atomic mass is 35.5. The maximum atomic E-state index is 12.9. The van der Waals surface area contributed by atoms with Crippen LogP contribution >= 0.6 is 23.4 Å². The highest BCUT2D eigenvalue weighted by Crippen LogP contribution is 2.35. The molecule has 0 spiro atoms. The molecule has 1 aliphatic rings. The Morgan fingerprint density at radius 3 is 2.58 bits per heavy atom. The normalized spacial score (nSPS) is 16.7. The largest absolute Gasteiger partial charge is 0.382 e. The summed E-state index contributed by atoms with van der Waals surface area (Å²) in [4.78, 5) is 20.7. The second kappa shape index (κ2) is 7.50. The van der Waals surface area contributed by atoms with Crippen molar-refractivity contribution in [3.63, 3.8) is 0 Å². The van der Waals surface area contributed by atoms with E-state index in [4.69, 9.17) is 23.1 Å². The molecule has 1 saturated heterocycles. The monoisotopic (exact) mass is 393 g/mol. The molecule has 0 amide bonds. The van der Waals surface area contributed by atoms with Crippen molar-refractivity contribution in [1.29, 1.82) is 0 Å². The molecular formula is C18H24ClN5OS. The highest BCUT2D eigenvalue weighted by molar-refractivity contribution is 7.99. The molecule has 1 aromatic carbocycles. The predicted octanol–water partition coefficient (Wildman–Crippen LogP) is 2.73. The van der Waals surface area contributed by atoms with Crippen LogP contribution in [0.5, 0.6) is 0 Å². The minimum Gasteiger partial charge on any atom is -0.382 e. The van der Waals surface area contributed by atoms with Crippen LogP contribution in [-0.4, -0.2) is 29.2 Å². The summed E-state index contributed by atoms with van der Waals surface area (Å²) in [6, 6.07) is 7.37. The fraction of sp³-hybridized carbons (Fsp3) is 0.444. The number of anilines is 2. The van der Waals surface area contributed by atoms with Gasteiger partial charge in [-0.05, 0) is 36.9 Å². The van der Waals surface area contributed by atoms with Crippen LogP contribution in [0.2, 0.25) is 5.02 Å². The van der Waals surface area contributed by atoms with Gasteiger partial charge < -0.3 is 16.4 Å². The first-order chi connectivity index (χ1) is 12.3. The van der Waals surface area contributed by atoms with E-state index in [-0.39, 0.29) is 16.8 Å². The van der Waals surface area contributed by atoms with Crippen molar-refractivity contribution in [2.75, 3.05) is 30.3 Å². The Labute approximate surface area is 162 Å². The second-order valence-electron chi connectivity index (χ2n) is 7.02. The molecule has 2 aromatic rings. The third kappa shape index (κ3) is 3.70. The summed E-state index contributed by atoms with van der Waals surface area (Å²) < 4.78 is 1.57. The number of nitrogens with two attached hydrogens (primary N) is 2. The van der Waals surface area contributed by atoms with Crippen molar-refractivity contribution in [1.82, 2.24) is 9.55 Å². The number of rotatable bonds is 4. The fourth-order valence-electron chi connectivity index (χ4n) is 3.05. The van der Waals surface area contributed by atoms with Crippen LogP contribution in [0, 0.1) is 5.41 Å². The number of nitrogen functional groups attached to an aromatic ring is 1. The minimum atomic E-state index is -0.162. The number of piperidine rings is 1. The molecule has 140 valence electrons. The molecule has 0 atom stereocenters. The Kier molecular flexibility index (Phi) is 5.50. The molecule has 2 heterocycles. The van der Waals surface area contributed by atoms with E-state index in [1.165, 1.54) is 11.8 Å². The summed E-state index contributed by atoms with van der Waals surface area (Å²) in [7, 11) is 1.73. The number of hydrogen-bond donors (Lipinski definition) is 2. The van der Waals surface area contributed by atoms with Gasteiger partial charge in [-0.25, -0.2) is 0 Å². The van der Waals surface area contributed by atoms with Crippen LogP contribution in [-0.2, 0) is 7.05 Å². The average molecular weight is 394 g/mol. The maximum Gasteiger partial charge on any atom is 0.270 e. The van der Waals surface area contributed by atoms with E-state index in [9.17, 15) is 4.79 Å². The zero-order valence-electron chi connectivity index (χ0n) is 15.0. The van der Waals surface area contributed by atoms with Crippen molar-refractivity contribution in [3.05, 3.63) is 39.6 Å². The van der Waals surface area contributed by atoms with Crippen LogP contribution < -0.4 is 21.9 Å². The van der Waals surface area contributed by atoms with E-state index < -0.39 is 0 Å². The van der Waals surface area contributed by atoms with Gasteiger partial charge in [-0.15, -0.1) is 0 Å².